The zero-order chi connectivity index (χ0) is 13.4. The number of aliphatic hydroxyl groups is 1. The highest BCUT2D eigenvalue weighted by Gasteiger charge is 2.08. The molecule has 0 saturated heterocycles. The first-order valence-electron chi connectivity index (χ1n) is 6.13. The van der Waals surface area contributed by atoms with E-state index >= 15 is 0 Å². The third kappa shape index (κ3) is 5.59. The molecule has 18 heavy (non-hydrogen) atoms. The first-order valence-corrected chi connectivity index (χ1v) is 6.13. The van der Waals surface area contributed by atoms with Gasteiger partial charge in [0.15, 0.2) is 0 Å². The average Bonchev–Trinajstić information content (AvgIpc) is 2.37. The summed E-state index contributed by atoms with van der Waals surface area (Å²) >= 11 is 0. The topological polar surface area (TPSA) is 62.2 Å². The van der Waals surface area contributed by atoms with Gasteiger partial charge in [-0.1, -0.05) is 19.9 Å². The monoisotopic (exact) mass is 248 g/mol. The molecule has 4 heteroatoms. The van der Waals surface area contributed by atoms with Crippen LogP contribution in [0.1, 0.15) is 25.8 Å². The second-order valence-electron chi connectivity index (χ2n) is 4.51. The molecule has 0 aliphatic rings. The van der Waals surface area contributed by atoms with Crippen molar-refractivity contribution in [1.82, 2.24) is 10.3 Å². The van der Waals surface area contributed by atoms with Crippen molar-refractivity contribution in [2.24, 2.45) is 5.92 Å². The lowest BCUT2D eigenvalue weighted by Gasteiger charge is -2.13. The Kier molecular flexibility index (Phi) is 6.08. The van der Waals surface area contributed by atoms with Gasteiger partial charge in [0.05, 0.1) is 6.10 Å². The van der Waals surface area contributed by atoms with Crippen molar-refractivity contribution in [1.29, 1.82) is 0 Å². The largest absolute Gasteiger partial charge is 0.393 e. The lowest BCUT2D eigenvalue weighted by molar-refractivity contribution is -0.116. The second kappa shape index (κ2) is 7.61. The molecule has 0 fully saturated rings. The molecule has 0 aliphatic carbocycles. The molecule has 0 aliphatic heterocycles. The minimum Gasteiger partial charge on any atom is -0.393 e. The van der Waals surface area contributed by atoms with E-state index in [9.17, 15) is 9.90 Å². The van der Waals surface area contributed by atoms with Gasteiger partial charge in [0.1, 0.15) is 0 Å². The minimum absolute atomic E-state index is 0.158. The van der Waals surface area contributed by atoms with Crippen molar-refractivity contribution < 1.29 is 9.90 Å². The Morgan fingerprint density at radius 2 is 2.33 bits per heavy atom. The van der Waals surface area contributed by atoms with Crippen LogP contribution < -0.4 is 5.32 Å². The Hall–Kier alpha value is -1.68. The van der Waals surface area contributed by atoms with E-state index in [4.69, 9.17) is 0 Å². The maximum atomic E-state index is 11.5. The number of hydrogen-bond donors (Lipinski definition) is 2. The molecule has 1 unspecified atom stereocenters. The van der Waals surface area contributed by atoms with Crippen LogP contribution in [0.15, 0.2) is 30.6 Å². The van der Waals surface area contributed by atoms with E-state index in [0.717, 1.165) is 5.56 Å². The Bertz CT molecular complexity index is 388. The van der Waals surface area contributed by atoms with Crippen molar-refractivity contribution in [3.05, 3.63) is 36.2 Å². The smallest absolute Gasteiger partial charge is 0.244 e. The lowest BCUT2D eigenvalue weighted by Crippen LogP contribution is -2.27. The average molecular weight is 248 g/mol. The Morgan fingerprint density at radius 3 is 2.94 bits per heavy atom. The van der Waals surface area contributed by atoms with Gasteiger partial charge >= 0.3 is 0 Å². The number of aromatic nitrogens is 1. The summed E-state index contributed by atoms with van der Waals surface area (Å²) in [5, 5.41) is 12.3. The zero-order valence-corrected chi connectivity index (χ0v) is 10.8. The number of nitrogens with one attached hydrogen (secondary N) is 1. The number of amides is 1. The third-order valence-electron chi connectivity index (χ3n) is 2.62. The van der Waals surface area contributed by atoms with Crippen LogP contribution in [0.4, 0.5) is 0 Å². The van der Waals surface area contributed by atoms with E-state index in [0.29, 0.717) is 13.0 Å². The Balaban J connectivity index is 2.28. The van der Waals surface area contributed by atoms with Crippen molar-refractivity contribution in [2.45, 2.75) is 26.4 Å². The third-order valence-corrected chi connectivity index (χ3v) is 2.62. The number of rotatable bonds is 6. The minimum atomic E-state index is -0.368. The fourth-order valence-corrected chi connectivity index (χ4v) is 1.38. The predicted molar refractivity (Wildman–Crippen MR) is 71.7 cm³/mol. The molecule has 98 valence electrons. The van der Waals surface area contributed by atoms with E-state index in [1.54, 1.807) is 18.5 Å². The summed E-state index contributed by atoms with van der Waals surface area (Å²) in [6.07, 6.45) is 6.76. The summed E-state index contributed by atoms with van der Waals surface area (Å²) in [6.45, 7) is 4.39. The van der Waals surface area contributed by atoms with Gasteiger partial charge in [-0.15, -0.1) is 0 Å². The second-order valence-corrected chi connectivity index (χ2v) is 4.51. The standard InChI is InChI=1S/C14H20N2O2/c1-11(2)13(17)7-9-16-14(18)6-5-12-4-3-8-15-10-12/h3-6,8,10-11,13,17H,7,9H2,1-2H3,(H,16,18). The number of pyridine rings is 1. The van der Waals surface area contributed by atoms with E-state index in [1.807, 2.05) is 26.0 Å². The number of nitrogens with zero attached hydrogens (tertiary/aromatic N) is 1. The maximum absolute atomic E-state index is 11.5. The molecule has 0 saturated carbocycles. The van der Waals surface area contributed by atoms with Gasteiger partial charge in [-0.05, 0) is 30.0 Å². The Labute approximate surface area is 108 Å². The molecule has 1 aromatic rings. The highest BCUT2D eigenvalue weighted by Crippen LogP contribution is 2.04. The molecule has 0 spiro atoms. The fourth-order valence-electron chi connectivity index (χ4n) is 1.38. The van der Waals surface area contributed by atoms with E-state index in [-0.39, 0.29) is 17.9 Å². The molecule has 0 radical (unpaired) electrons. The van der Waals surface area contributed by atoms with Crippen molar-refractivity contribution in [2.75, 3.05) is 6.54 Å². The Morgan fingerprint density at radius 1 is 1.56 bits per heavy atom. The summed E-state index contributed by atoms with van der Waals surface area (Å²) in [4.78, 5) is 15.4. The SMILES string of the molecule is CC(C)C(O)CCNC(=O)C=Cc1cccnc1. The highest BCUT2D eigenvalue weighted by molar-refractivity contribution is 5.91. The molecule has 0 bridgehead atoms. The number of carbonyl (C=O) groups is 1. The predicted octanol–water partition coefficient (Wildman–Crippen LogP) is 1.62. The number of hydrogen-bond acceptors (Lipinski definition) is 3. The van der Waals surface area contributed by atoms with E-state index < -0.39 is 0 Å². The van der Waals surface area contributed by atoms with Crippen LogP contribution in [0, 0.1) is 5.92 Å². The van der Waals surface area contributed by atoms with E-state index in [2.05, 4.69) is 10.3 Å². The number of aliphatic hydroxyl groups excluding tert-OH is 1. The first kappa shape index (κ1) is 14.4. The lowest BCUT2D eigenvalue weighted by atomic mass is 10.0. The maximum Gasteiger partial charge on any atom is 0.244 e. The van der Waals surface area contributed by atoms with E-state index in [1.165, 1.54) is 6.08 Å². The van der Waals surface area contributed by atoms with Crippen LogP contribution >= 0.6 is 0 Å². The molecule has 1 rings (SSSR count). The summed E-state index contributed by atoms with van der Waals surface area (Å²) in [5.74, 6) is 0.0580. The molecule has 4 nitrogen and oxygen atoms in total. The van der Waals surface area contributed by atoms with Gasteiger partial charge in [-0.2, -0.15) is 0 Å². The zero-order valence-electron chi connectivity index (χ0n) is 10.8. The van der Waals surface area contributed by atoms with Gasteiger partial charge in [0.25, 0.3) is 0 Å². The van der Waals surface area contributed by atoms with Gasteiger partial charge in [-0.25, -0.2) is 0 Å². The van der Waals surface area contributed by atoms with Crippen LogP contribution in [0.2, 0.25) is 0 Å². The summed E-state index contributed by atoms with van der Waals surface area (Å²) in [7, 11) is 0. The number of carbonyl (C=O) groups excluding carboxylic acids is 1. The quantitative estimate of drug-likeness (QED) is 0.752. The molecule has 1 amide bonds. The summed E-state index contributed by atoms with van der Waals surface area (Å²) in [5.41, 5.74) is 0.884. The molecule has 0 aromatic carbocycles. The molecule has 1 atom stereocenters. The molecular weight excluding hydrogens is 228 g/mol. The van der Waals surface area contributed by atoms with Gasteiger partial charge in [0.2, 0.25) is 5.91 Å². The van der Waals surface area contributed by atoms with Crippen LogP contribution in [0.25, 0.3) is 6.08 Å². The fraction of sp³-hybridized carbons (Fsp3) is 0.429. The van der Waals surface area contributed by atoms with Crippen molar-refractivity contribution in [3.63, 3.8) is 0 Å². The molecule has 1 aromatic heterocycles. The van der Waals surface area contributed by atoms with Crippen LogP contribution in [0.3, 0.4) is 0 Å². The van der Waals surface area contributed by atoms with Gasteiger partial charge < -0.3 is 10.4 Å². The molecule has 2 N–H and O–H groups in total. The highest BCUT2D eigenvalue weighted by atomic mass is 16.3. The van der Waals surface area contributed by atoms with Crippen LogP contribution in [0.5, 0.6) is 0 Å². The van der Waals surface area contributed by atoms with Gasteiger partial charge in [0, 0.05) is 25.0 Å². The van der Waals surface area contributed by atoms with Crippen molar-refractivity contribution in [3.8, 4) is 0 Å². The molecular formula is C14H20N2O2. The van der Waals surface area contributed by atoms with Crippen molar-refractivity contribution >= 4 is 12.0 Å². The summed E-state index contributed by atoms with van der Waals surface area (Å²) < 4.78 is 0. The van der Waals surface area contributed by atoms with Crippen LogP contribution in [-0.4, -0.2) is 28.6 Å². The first-order chi connectivity index (χ1) is 8.59. The summed E-state index contributed by atoms with van der Waals surface area (Å²) in [6, 6.07) is 3.69. The van der Waals surface area contributed by atoms with Gasteiger partial charge in [-0.3, -0.25) is 9.78 Å². The normalized spacial score (nSPS) is 12.9. The van der Waals surface area contributed by atoms with Crippen LogP contribution in [-0.2, 0) is 4.79 Å². The molecule has 1 heterocycles.